The van der Waals surface area contributed by atoms with Gasteiger partial charge < -0.3 is 20.9 Å². The molecule has 0 spiro atoms. The van der Waals surface area contributed by atoms with Crippen LogP contribution in [0.3, 0.4) is 0 Å². The molecule has 1 fully saturated rings. The van der Waals surface area contributed by atoms with E-state index in [4.69, 9.17) is 27.1 Å². The van der Waals surface area contributed by atoms with Crippen molar-refractivity contribution in [3.63, 3.8) is 0 Å². The van der Waals surface area contributed by atoms with Crippen molar-refractivity contribution >= 4 is 34.7 Å². The Morgan fingerprint density at radius 2 is 1.97 bits per heavy atom. The average Bonchev–Trinajstić information content (AvgIpc) is 3.33. The Balaban J connectivity index is 1.44. The van der Waals surface area contributed by atoms with E-state index in [0.717, 1.165) is 24.8 Å². The minimum atomic E-state index is -4.56. The predicted molar refractivity (Wildman–Crippen MR) is 134 cm³/mol. The van der Waals surface area contributed by atoms with Crippen LogP contribution in [0.1, 0.15) is 40.5 Å². The molecule has 4 heterocycles. The number of nitrogen functional groups attached to an aromatic ring is 1. The second kappa shape index (κ2) is 10.2. The van der Waals surface area contributed by atoms with Crippen LogP contribution in [0.15, 0.2) is 48.8 Å². The highest BCUT2D eigenvalue weighted by molar-refractivity contribution is 6.30. The van der Waals surface area contributed by atoms with E-state index in [2.05, 4.69) is 15.3 Å². The lowest BCUT2D eigenvalue weighted by Crippen LogP contribution is -2.28. The smallest absolute Gasteiger partial charge is 0.394 e. The summed E-state index contributed by atoms with van der Waals surface area (Å²) in [6.07, 6.45) is -0.967. The van der Waals surface area contributed by atoms with Gasteiger partial charge in [-0.2, -0.15) is 13.2 Å². The van der Waals surface area contributed by atoms with Gasteiger partial charge >= 0.3 is 6.18 Å². The third-order valence-electron chi connectivity index (χ3n) is 6.36. The standard InChI is InChI=1S/C25H22ClF3N6O3/c26-18-10-32-22(30)21-20(34-23(35(18)21)15-5-6-17(11-36)38-12-15)13-1-3-14(4-2-13)24(37)33-19-9-16(7-8-31-19)25(27,28)29/h1-4,7-10,15,17,36H,5-6,11-12H2,(H2,30,32)(H,31,33,37). The number of halogens is 4. The van der Waals surface area contributed by atoms with E-state index in [-0.39, 0.29) is 35.8 Å². The SMILES string of the molecule is Nc1ncc(Cl)n2c(C3CCC(CO)OC3)nc(-c3ccc(C(=O)Nc4cc(C(F)(F)F)ccn4)cc3)c12. The number of fused-ring (bicyclic) bond motifs is 1. The molecule has 1 aliphatic rings. The Labute approximate surface area is 219 Å². The van der Waals surface area contributed by atoms with E-state index in [0.29, 0.717) is 40.8 Å². The van der Waals surface area contributed by atoms with Gasteiger partial charge in [0, 0.05) is 23.2 Å². The number of ether oxygens (including phenoxy) is 1. The van der Waals surface area contributed by atoms with Gasteiger partial charge in [-0.15, -0.1) is 0 Å². The van der Waals surface area contributed by atoms with Gasteiger partial charge in [-0.25, -0.2) is 15.0 Å². The van der Waals surface area contributed by atoms with Crippen molar-refractivity contribution in [2.24, 2.45) is 0 Å². The molecule has 1 aromatic carbocycles. The van der Waals surface area contributed by atoms with Crippen LogP contribution in [-0.2, 0) is 10.9 Å². The van der Waals surface area contributed by atoms with Crippen LogP contribution >= 0.6 is 11.6 Å². The van der Waals surface area contributed by atoms with Crippen molar-refractivity contribution in [1.29, 1.82) is 0 Å². The maximum atomic E-state index is 13.0. The Kier molecular flexibility index (Phi) is 6.95. The topological polar surface area (TPSA) is 128 Å². The molecule has 0 radical (unpaired) electrons. The number of hydrogen-bond acceptors (Lipinski definition) is 7. The summed E-state index contributed by atoms with van der Waals surface area (Å²) in [4.78, 5) is 25.4. The molecule has 0 aliphatic carbocycles. The van der Waals surface area contributed by atoms with E-state index in [9.17, 15) is 23.1 Å². The Morgan fingerprint density at radius 1 is 1.21 bits per heavy atom. The van der Waals surface area contributed by atoms with Crippen LogP contribution in [0.2, 0.25) is 5.15 Å². The Morgan fingerprint density at radius 3 is 2.63 bits per heavy atom. The molecule has 0 bridgehead atoms. The highest BCUT2D eigenvalue weighted by Crippen LogP contribution is 2.36. The molecule has 13 heteroatoms. The molecule has 4 aromatic rings. The average molecular weight is 547 g/mol. The number of anilines is 2. The first-order valence-electron chi connectivity index (χ1n) is 11.7. The monoisotopic (exact) mass is 546 g/mol. The van der Waals surface area contributed by atoms with Crippen LogP contribution in [0, 0.1) is 0 Å². The number of aliphatic hydroxyl groups is 1. The van der Waals surface area contributed by atoms with Gasteiger partial charge in [0.15, 0.2) is 0 Å². The molecule has 1 aliphatic heterocycles. The summed E-state index contributed by atoms with van der Waals surface area (Å²) in [6.45, 7) is 0.298. The maximum Gasteiger partial charge on any atom is 0.416 e. The third-order valence-corrected chi connectivity index (χ3v) is 6.62. The number of nitrogens with two attached hydrogens (primary N) is 1. The van der Waals surface area contributed by atoms with Gasteiger partial charge in [0.25, 0.3) is 5.91 Å². The fraction of sp³-hybridized carbons (Fsp3) is 0.280. The van der Waals surface area contributed by atoms with Crippen molar-refractivity contribution in [3.8, 4) is 11.3 Å². The third kappa shape index (κ3) is 5.02. The molecule has 2 unspecified atom stereocenters. The number of aromatic nitrogens is 4. The highest BCUT2D eigenvalue weighted by Gasteiger charge is 2.31. The largest absolute Gasteiger partial charge is 0.416 e. The van der Waals surface area contributed by atoms with Gasteiger partial charge in [-0.1, -0.05) is 23.7 Å². The Bertz CT molecular complexity index is 1480. The second-order valence-corrected chi connectivity index (χ2v) is 9.23. The van der Waals surface area contributed by atoms with Crippen LogP contribution in [0.4, 0.5) is 24.8 Å². The highest BCUT2D eigenvalue weighted by atomic mass is 35.5. The summed E-state index contributed by atoms with van der Waals surface area (Å²) in [5.41, 5.74) is 7.13. The fourth-order valence-corrected chi connectivity index (χ4v) is 4.62. The molecular weight excluding hydrogens is 525 g/mol. The predicted octanol–water partition coefficient (Wildman–Crippen LogP) is 4.55. The molecule has 3 aromatic heterocycles. The number of imidazole rings is 1. The number of alkyl halides is 3. The number of carbonyl (C=O) groups excluding carboxylic acids is 1. The first-order chi connectivity index (χ1) is 18.2. The zero-order chi connectivity index (χ0) is 27.0. The van der Waals surface area contributed by atoms with E-state index in [1.54, 1.807) is 16.5 Å². The van der Waals surface area contributed by atoms with Crippen molar-refractivity contribution < 1.29 is 27.8 Å². The minimum Gasteiger partial charge on any atom is -0.394 e. The number of pyridine rings is 1. The van der Waals surface area contributed by atoms with Crippen molar-refractivity contribution in [3.05, 3.63) is 70.9 Å². The molecule has 38 heavy (non-hydrogen) atoms. The van der Waals surface area contributed by atoms with Crippen molar-refractivity contribution in [2.45, 2.75) is 31.0 Å². The zero-order valence-electron chi connectivity index (χ0n) is 19.7. The summed E-state index contributed by atoms with van der Waals surface area (Å²) < 4.78 is 46.4. The van der Waals surface area contributed by atoms with Crippen LogP contribution in [0.5, 0.6) is 0 Å². The summed E-state index contributed by atoms with van der Waals surface area (Å²) in [7, 11) is 0. The van der Waals surface area contributed by atoms with E-state index in [1.165, 1.54) is 18.3 Å². The number of hydrogen-bond donors (Lipinski definition) is 3. The first kappa shape index (κ1) is 25.9. The lowest BCUT2D eigenvalue weighted by Gasteiger charge is -2.27. The lowest BCUT2D eigenvalue weighted by atomic mass is 9.98. The summed E-state index contributed by atoms with van der Waals surface area (Å²) in [5, 5.41) is 12.1. The molecule has 2 atom stereocenters. The van der Waals surface area contributed by atoms with Crippen LogP contribution in [-0.4, -0.2) is 49.7 Å². The summed E-state index contributed by atoms with van der Waals surface area (Å²) in [5.74, 6) is -0.0807. The number of aliphatic hydroxyl groups excluding tert-OH is 1. The number of nitrogens with one attached hydrogen (secondary N) is 1. The van der Waals surface area contributed by atoms with Crippen LogP contribution < -0.4 is 11.1 Å². The quantitative estimate of drug-likeness (QED) is 0.335. The normalized spacial score (nSPS) is 18.0. The molecule has 198 valence electrons. The van der Waals surface area contributed by atoms with Gasteiger partial charge in [0.2, 0.25) is 0 Å². The first-order valence-corrected chi connectivity index (χ1v) is 12.0. The van der Waals surface area contributed by atoms with E-state index >= 15 is 0 Å². The van der Waals surface area contributed by atoms with Crippen molar-refractivity contribution in [1.82, 2.24) is 19.4 Å². The minimum absolute atomic E-state index is 0.0539. The van der Waals surface area contributed by atoms with Gasteiger partial charge in [-0.05, 0) is 37.1 Å². The molecule has 4 N–H and O–H groups in total. The molecule has 9 nitrogen and oxygen atoms in total. The lowest BCUT2D eigenvalue weighted by molar-refractivity contribution is -0.137. The molecule has 5 rings (SSSR count). The maximum absolute atomic E-state index is 13.0. The summed E-state index contributed by atoms with van der Waals surface area (Å²) >= 11 is 6.49. The van der Waals surface area contributed by atoms with Gasteiger partial charge in [0.05, 0.1) is 31.1 Å². The number of rotatable bonds is 5. The number of amides is 1. The fourth-order valence-electron chi connectivity index (χ4n) is 4.40. The number of benzene rings is 1. The number of nitrogens with zero attached hydrogens (tertiary/aromatic N) is 4. The second-order valence-electron chi connectivity index (χ2n) is 8.84. The van der Waals surface area contributed by atoms with Crippen molar-refractivity contribution in [2.75, 3.05) is 24.3 Å². The summed E-state index contributed by atoms with van der Waals surface area (Å²) in [6, 6.07) is 7.94. The molecule has 0 saturated carbocycles. The van der Waals surface area contributed by atoms with E-state index in [1.807, 2.05) is 0 Å². The molecular formula is C25H22ClF3N6O3. The number of carbonyl (C=O) groups is 1. The molecule has 1 saturated heterocycles. The zero-order valence-corrected chi connectivity index (χ0v) is 20.5. The van der Waals surface area contributed by atoms with Crippen LogP contribution in [0.25, 0.3) is 16.8 Å². The molecule has 1 amide bonds. The van der Waals surface area contributed by atoms with Gasteiger partial charge in [-0.3, -0.25) is 9.20 Å². The van der Waals surface area contributed by atoms with Gasteiger partial charge in [0.1, 0.15) is 33.8 Å². The van der Waals surface area contributed by atoms with E-state index < -0.39 is 17.6 Å². The Hall–Kier alpha value is -3.74.